The van der Waals surface area contributed by atoms with Crippen molar-refractivity contribution in [3.05, 3.63) is 34.9 Å². The van der Waals surface area contributed by atoms with Gasteiger partial charge in [-0.3, -0.25) is 4.79 Å². The lowest BCUT2D eigenvalue weighted by atomic mass is 9.90. The Labute approximate surface area is 127 Å². The highest BCUT2D eigenvalue weighted by Crippen LogP contribution is 2.27. The van der Waals surface area contributed by atoms with E-state index >= 15 is 0 Å². The van der Waals surface area contributed by atoms with Crippen molar-refractivity contribution in [2.24, 2.45) is 0 Å². The molecule has 1 amide bonds. The first kappa shape index (κ1) is 17.4. The van der Waals surface area contributed by atoms with Crippen LogP contribution in [-0.2, 0) is 19.9 Å². The van der Waals surface area contributed by atoms with Gasteiger partial charge in [-0.2, -0.15) is 0 Å². The van der Waals surface area contributed by atoms with Gasteiger partial charge in [0.25, 0.3) is 5.91 Å². The molecule has 2 atom stereocenters. The minimum absolute atomic E-state index is 0.105. The molecule has 0 aliphatic rings. The predicted molar refractivity (Wildman–Crippen MR) is 76.7 cm³/mol. The number of aliphatic hydroxyl groups excluding tert-OH is 1. The van der Waals surface area contributed by atoms with Gasteiger partial charge in [0.1, 0.15) is 0 Å². The van der Waals surface area contributed by atoms with Crippen molar-refractivity contribution >= 4 is 23.5 Å². The molecule has 0 saturated heterocycles. The van der Waals surface area contributed by atoms with Crippen LogP contribution in [0.3, 0.4) is 0 Å². The molecule has 0 spiro atoms. The molecule has 0 aliphatic heterocycles. The minimum atomic E-state index is -1.79. The highest BCUT2D eigenvalue weighted by Gasteiger charge is 2.36. The summed E-state index contributed by atoms with van der Waals surface area (Å²) in [6, 6.07) is 6.31. The highest BCUT2D eigenvalue weighted by molar-refractivity contribution is 6.30. The molecule has 0 fully saturated rings. The summed E-state index contributed by atoms with van der Waals surface area (Å²) in [6.45, 7) is 1.28. The zero-order chi connectivity index (χ0) is 16.0. The van der Waals surface area contributed by atoms with Gasteiger partial charge in [0.2, 0.25) is 0 Å². The number of aliphatic hydroxyl groups is 2. The number of amides is 1. The number of rotatable bonds is 6. The van der Waals surface area contributed by atoms with Crippen LogP contribution in [0.1, 0.15) is 18.9 Å². The van der Waals surface area contributed by atoms with E-state index in [1.807, 2.05) is 0 Å². The standard InChI is InChI=1S/C14H18ClNO5/c1-3-14(20,9-5-4-6-10(15)7-9)13(19)16-8-11(17)12(18)21-2/h4-7,11,17,20H,3,8H2,1-2H3,(H,16,19)/t11-,14-/m1/s1. The number of halogens is 1. The number of hydrogen-bond donors (Lipinski definition) is 3. The van der Waals surface area contributed by atoms with Crippen molar-refractivity contribution < 1.29 is 24.5 Å². The second-order valence-corrected chi connectivity index (χ2v) is 4.91. The first-order valence-corrected chi connectivity index (χ1v) is 6.75. The van der Waals surface area contributed by atoms with Gasteiger partial charge in [-0.15, -0.1) is 0 Å². The Balaban J connectivity index is 2.84. The van der Waals surface area contributed by atoms with E-state index < -0.39 is 23.6 Å². The Morgan fingerprint density at radius 3 is 2.67 bits per heavy atom. The number of benzene rings is 1. The Morgan fingerprint density at radius 1 is 1.48 bits per heavy atom. The largest absolute Gasteiger partial charge is 0.467 e. The van der Waals surface area contributed by atoms with E-state index in [2.05, 4.69) is 10.1 Å². The fourth-order valence-electron chi connectivity index (χ4n) is 1.80. The zero-order valence-electron chi connectivity index (χ0n) is 11.8. The first-order chi connectivity index (χ1) is 9.85. The first-order valence-electron chi connectivity index (χ1n) is 6.37. The lowest BCUT2D eigenvalue weighted by molar-refractivity contribution is -0.151. The summed E-state index contributed by atoms with van der Waals surface area (Å²) in [4.78, 5) is 23.2. The predicted octanol–water partition coefficient (Wildman–Crippen LogP) is 0.588. The van der Waals surface area contributed by atoms with Crippen LogP contribution in [0, 0.1) is 0 Å². The Bertz CT molecular complexity index is 522. The molecule has 7 heteroatoms. The van der Waals surface area contributed by atoms with E-state index in [4.69, 9.17) is 11.6 Å². The summed E-state index contributed by atoms with van der Waals surface area (Å²) in [5.74, 6) is -1.59. The van der Waals surface area contributed by atoms with Crippen LogP contribution in [0.15, 0.2) is 24.3 Å². The molecule has 0 aliphatic carbocycles. The van der Waals surface area contributed by atoms with Gasteiger partial charge >= 0.3 is 5.97 Å². The van der Waals surface area contributed by atoms with Gasteiger partial charge in [-0.05, 0) is 24.1 Å². The molecule has 1 rings (SSSR count). The van der Waals surface area contributed by atoms with Crippen molar-refractivity contribution in [3.63, 3.8) is 0 Å². The number of carbonyl (C=O) groups is 2. The van der Waals surface area contributed by atoms with Gasteiger partial charge in [0.15, 0.2) is 11.7 Å². The molecule has 21 heavy (non-hydrogen) atoms. The number of esters is 1. The zero-order valence-corrected chi connectivity index (χ0v) is 12.6. The number of methoxy groups -OCH3 is 1. The van der Waals surface area contributed by atoms with Crippen molar-refractivity contribution in [2.75, 3.05) is 13.7 Å². The normalized spacial score (nSPS) is 14.9. The highest BCUT2D eigenvalue weighted by atomic mass is 35.5. The molecule has 116 valence electrons. The van der Waals surface area contributed by atoms with Crippen LogP contribution >= 0.6 is 11.6 Å². The van der Waals surface area contributed by atoms with Gasteiger partial charge in [0.05, 0.1) is 13.7 Å². The fourth-order valence-corrected chi connectivity index (χ4v) is 1.99. The van der Waals surface area contributed by atoms with Gasteiger partial charge in [-0.25, -0.2) is 4.79 Å². The lowest BCUT2D eigenvalue weighted by Gasteiger charge is -2.26. The van der Waals surface area contributed by atoms with E-state index in [1.54, 1.807) is 25.1 Å². The summed E-state index contributed by atoms with van der Waals surface area (Å²) in [5.41, 5.74) is -1.46. The molecule has 0 unspecified atom stereocenters. The number of hydrogen-bond acceptors (Lipinski definition) is 5. The summed E-state index contributed by atoms with van der Waals surface area (Å²) in [7, 11) is 1.13. The van der Waals surface area contributed by atoms with E-state index in [1.165, 1.54) is 6.07 Å². The van der Waals surface area contributed by atoms with E-state index in [9.17, 15) is 19.8 Å². The number of ether oxygens (including phenoxy) is 1. The molecule has 3 N–H and O–H groups in total. The van der Waals surface area contributed by atoms with Gasteiger partial charge in [-0.1, -0.05) is 30.7 Å². The molecule has 0 radical (unpaired) electrons. The summed E-state index contributed by atoms with van der Waals surface area (Å²) in [6.07, 6.45) is -1.38. The van der Waals surface area contributed by atoms with Crippen LogP contribution < -0.4 is 5.32 Å². The topological polar surface area (TPSA) is 95.9 Å². The molecule has 0 heterocycles. The third-order valence-electron chi connectivity index (χ3n) is 3.12. The summed E-state index contributed by atoms with van der Waals surface area (Å²) < 4.78 is 4.34. The number of nitrogens with one attached hydrogen (secondary N) is 1. The molecule has 6 nitrogen and oxygen atoms in total. The van der Waals surface area contributed by atoms with Gasteiger partial charge < -0.3 is 20.3 Å². The Hall–Kier alpha value is -1.63. The Morgan fingerprint density at radius 2 is 2.14 bits per heavy atom. The molecule has 1 aromatic rings. The fraction of sp³-hybridized carbons (Fsp3) is 0.429. The second-order valence-electron chi connectivity index (χ2n) is 4.47. The van der Waals surface area contributed by atoms with Gasteiger partial charge in [0, 0.05) is 5.02 Å². The summed E-state index contributed by atoms with van der Waals surface area (Å²) in [5, 5.41) is 22.7. The molecule has 1 aromatic carbocycles. The molecule has 0 saturated carbocycles. The van der Waals surface area contributed by atoms with E-state index in [0.717, 1.165) is 7.11 Å². The molecular formula is C14H18ClNO5. The monoisotopic (exact) mass is 315 g/mol. The average molecular weight is 316 g/mol. The van der Waals surface area contributed by atoms with E-state index in [-0.39, 0.29) is 13.0 Å². The third kappa shape index (κ3) is 4.17. The summed E-state index contributed by atoms with van der Waals surface area (Å²) >= 11 is 5.86. The van der Waals surface area contributed by atoms with Crippen LogP contribution in [0.5, 0.6) is 0 Å². The van der Waals surface area contributed by atoms with Crippen molar-refractivity contribution in [1.29, 1.82) is 0 Å². The van der Waals surface area contributed by atoms with Crippen LogP contribution in [0.4, 0.5) is 0 Å². The Kier molecular flexibility index (Phi) is 6.14. The van der Waals surface area contributed by atoms with Crippen LogP contribution in [0.25, 0.3) is 0 Å². The third-order valence-corrected chi connectivity index (χ3v) is 3.35. The molecular weight excluding hydrogens is 298 g/mol. The minimum Gasteiger partial charge on any atom is -0.467 e. The maximum absolute atomic E-state index is 12.2. The van der Waals surface area contributed by atoms with Crippen molar-refractivity contribution in [2.45, 2.75) is 25.0 Å². The molecule has 0 aromatic heterocycles. The lowest BCUT2D eigenvalue weighted by Crippen LogP contribution is -2.47. The van der Waals surface area contributed by atoms with Crippen LogP contribution in [0.2, 0.25) is 5.02 Å². The molecule has 0 bridgehead atoms. The second kappa shape index (κ2) is 7.40. The maximum atomic E-state index is 12.2. The number of carbonyl (C=O) groups excluding carboxylic acids is 2. The van der Waals surface area contributed by atoms with Crippen molar-refractivity contribution in [1.82, 2.24) is 5.32 Å². The quantitative estimate of drug-likeness (QED) is 0.668. The van der Waals surface area contributed by atoms with Crippen LogP contribution in [-0.4, -0.2) is 41.8 Å². The SMILES string of the molecule is CC[C@](O)(C(=O)NC[C@@H](O)C(=O)OC)c1cccc(Cl)c1. The smallest absolute Gasteiger partial charge is 0.336 e. The average Bonchev–Trinajstić information content (AvgIpc) is 2.50. The van der Waals surface area contributed by atoms with Crippen molar-refractivity contribution in [3.8, 4) is 0 Å². The van der Waals surface area contributed by atoms with E-state index in [0.29, 0.717) is 10.6 Å². The maximum Gasteiger partial charge on any atom is 0.336 e.